The van der Waals surface area contributed by atoms with E-state index in [0.717, 1.165) is 13.1 Å². The number of rotatable bonds is 4. The van der Waals surface area contributed by atoms with Crippen LogP contribution in [0.1, 0.15) is 19.8 Å². The molecule has 2 N–H and O–H groups in total. The first kappa shape index (κ1) is 10.6. The summed E-state index contributed by atoms with van der Waals surface area (Å²) in [7, 11) is 0. The van der Waals surface area contributed by atoms with Gasteiger partial charge in [0.1, 0.15) is 0 Å². The summed E-state index contributed by atoms with van der Waals surface area (Å²) in [6.07, 6.45) is 8.29. The first-order valence-corrected chi connectivity index (χ1v) is 5.77. The van der Waals surface area contributed by atoms with Crippen molar-refractivity contribution >= 4 is 0 Å². The SMILES string of the molecule is CC(Cn1ccnc1)NC1CCCNC1. The molecule has 15 heavy (non-hydrogen) atoms. The maximum absolute atomic E-state index is 4.04. The van der Waals surface area contributed by atoms with Gasteiger partial charge in [0.25, 0.3) is 0 Å². The van der Waals surface area contributed by atoms with E-state index in [1.807, 2.05) is 18.7 Å². The lowest BCUT2D eigenvalue weighted by Crippen LogP contribution is -2.47. The predicted octanol–water partition coefficient (Wildman–Crippen LogP) is 0.613. The Labute approximate surface area is 91.1 Å². The fraction of sp³-hybridized carbons (Fsp3) is 0.727. The second kappa shape index (κ2) is 5.28. The van der Waals surface area contributed by atoms with Gasteiger partial charge in [0.15, 0.2) is 0 Å². The summed E-state index contributed by atoms with van der Waals surface area (Å²) in [4.78, 5) is 4.04. The summed E-state index contributed by atoms with van der Waals surface area (Å²) in [5.41, 5.74) is 0. The molecule has 1 aromatic heterocycles. The average Bonchev–Trinajstić information content (AvgIpc) is 2.71. The highest BCUT2D eigenvalue weighted by molar-refractivity contribution is 4.80. The lowest BCUT2D eigenvalue weighted by Gasteiger charge is -2.27. The summed E-state index contributed by atoms with van der Waals surface area (Å²) in [6, 6.07) is 1.14. The molecular weight excluding hydrogens is 188 g/mol. The summed E-state index contributed by atoms with van der Waals surface area (Å²) in [5.74, 6) is 0. The molecule has 1 aliphatic rings. The molecule has 2 atom stereocenters. The summed E-state index contributed by atoms with van der Waals surface area (Å²) in [6.45, 7) is 5.51. The quantitative estimate of drug-likeness (QED) is 0.762. The largest absolute Gasteiger partial charge is 0.336 e. The van der Waals surface area contributed by atoms with Crippen molar-refractivity contribution in [2.75, 3.05) is 13.1 Å². The van der Waals surface area contributed by atoms with Crippen LogP contribution >= 0.6 is 0 Å². The summed E-state index contributed by atoms with van der Waals surface area (Å²) in [5, 5.41) is 7.06. The fourth-order valence-corrected chi connectivity index (χ4v) is 2.16. The van der Waals surface area contributed by atoms with Crippen molar-refractivity contribution in [3.8, 4) is 0 Å². The monoisotopic (exact) mass is 208 g/mol. The number of hydrogen-bond acceptors (Lipinski definition) is 3. The van der Waals surface area contributed by atoms with Crippen LogP contribution in [0.4, 0.5) is 0 Å². The van der Waals surface area contributed by atoms with Gasteiger partial charge in [-0.2, -0.15) is 0 Å². The Balaban J connectivity index is 1.74. The Morgan fingerprint density at radius 3 is 3.27 bits per heavy atom. The van der Waals surface area contributed by atoms with E-state index in [1.165, 1.54) is 19.4 Å². The smallest absolute Gasteiger partial charge is 0.0946 e. The Kier molecular flexibility index (Phi) is 3.75. The first-order valence-electron chi connectivity index (χ1n) is 5.77. The molecule has 0 aromatic carbocycles. The number of aromatic nitrogens is 2. The Morgan fingerprint density at radius 2 is 2.60 bits per heavy atom. The molecule has 2 unspecified atom stereocenters. The van der Waals surface area contributed by atoms with Crippen LogP contribution in [0.15, 0.2) is 18.7 Å². The molecule has 2 rings (SSSR count). The summed E-state index contributed by atoms with van der Waals surface area (Å²) < 4.78 is 2.12. The highest BCUT2D eigenvalue weighted by Gasteiger charge is 2.14. The van der Waals surface area contributed by atoms with Crippen LogP contribution in [0.5, 0.6) is 0 Å². The molecule has 84 valence electrons. The molecule has 1 fully saturated rings. The topological polar surface area (TPSA) is 41.9 Å². The summed E-state index contributed by atoms with van der Waals surface area (Å²) >= 11 is 0. The predicted molar refractivity (Wildman–Crippen MR) is 60.7 cm³/mol. The van der Waals surface area contributed by atoms with E-state index in [2.05, 4.69) is 27.1 Å². The van der Waals surface area contributed by atoms with Crippen LogP contribution in [0.25, 0.3) is 0 Å². The molecule has 1 saturated heterocycles. The van der Waals surface area contributed by atoms with Gasteiger partial charge in [0.2, 0.25) is 0 Å². The van der Waals surface area contributed by atoms with Crippen molar-refractivity contribution < 1.29 is 0 Å². The fourth-order valence-electron chi connectivity index (χ4n) is 2.16. The minimum atomic E-state index is 0.504. The maximum Gasteiger partial charge on any atom is 0.0946 e. The van der Waals surface area contributed by atoms with Crippen molar-refractivity contribution in [2.45, 2.75) is 38.4 Å². The van der Waals surface area contributed by atoms with Crippen LogP contribution in [-0.2, 0) is 6.54 Å². The van der Waals surface area contributed by atoms with E-state index in [0.29, 0.717) is 12.1 Å². The highest BCUT2D eigenvalue weighted by atomic mass is 15.1. The Hall–Kier alpha value is -0.870. The molecule has 0 spiro atoms. The number of piperidine rings is 1. The highest BCUT2D eigenvalue weighted by Crippen LogP contribution is 2.03. The zero-order valence-corrected chi connectivity index (χ0v) is 9.32. The van der Waals surface area contributed by atoms with Gasteiger partial charge in [-0.05, 0) is 26.3 Å². The third kappa shape index (κ3) is 3.32. The minimum absolute atomic E-state index is 0.504. The van der Waals surface area contributed by atoms with Crippen LogP contribution in [0.2, 0.25) is 0 Å². The van der Waals surface area contributed by atoms with Gasteiger partial charge < -0.3 is 15.2 Å². The van der Waals surface area contributed by atoms with Crippen molar-refractivity contribution in [3.63, 3.8) is 0 Å². The molecule has 0 bridgehead atoms. The van der Waals surface area contributed by atoms with Gasteiger partial charge in [-0.3, -0.25) is 0 Å². The van der Waals surface area contributed by atoms with Crippen LogP contribution in [-0.4, -0.2) is 34.7 Å². The Morgan fingerprint density at radius 1 is 1.67 bits per heavy atom. The molecule has 1 aliphatic heterocycles. The second-order valence-electron chi connectivity index (χ2n) is 4.37. The molecule has 0 saturated carbocycles. The molecule has 0 aliphatic carbocycles. The second-order valence-corrected chi connectivity index (χ2v) is 4.37. The van der Waals surface area contributed by atoms with Crippen molar-refractivity contribution in [3.05, 3.63) is 18.7 Å². The van der Waals surface area contributed by atoms with Gasteiger partial charge in [-0.1, -0.05) is 0 Å². The minimum Gasteiger partial charge on any atom is -0.336 e. The molecule has 4 nitrogen and oxygen atoms in total. The third-order valence-electron chi connectivity index (χ3n) is 2.86. The van der Waals surface area contributed by atoms with Crippen LogP contribution < -0.4 is 10.6 Å². The molecule has 2 heterocycles. The van der Waals surface area contributed by atoms with E-state index >= 15 is 0 Å². The van der Waals surface area contributed by atoms with Gasteiger partial charge in [-0.15, -0.1) is 0 Å². The number of hydrogen-bond donors (Lipinski definition) is 2. The standard InChI is InChI=1S/C11H20N4/c1-10(8-15-6-5-13-9-15)14-11-3-2-4-12-7-11/h5-6,9-12,14H,2-4,7-8H2,1H3. The molecule has 1 aromatic rings. The number of imidazole rings is 1. The number of nitrogens with zero attached hydrogens (tertiary/aromatic N) is 2. The van der Waals surface area contributed by atoms with E-state index in [9.17, 15) is 0 Å². The van der Waals surface area contributed by atoms with E-state index in [-0.39, 0.29) is 0 Å². The lowest BCUT2D eigenvalue weighted by atomic mass is 10.1. The van der Waals surface area contributed by atoms with Crippen LogP contribution in [0, 0.1) is 0 Å². The van der Waals surface area contributed by atoms with Crippen LogP contribution in [0.3, 0.4) is 0 Å². The van der Waals surface area contributed by atoms with Gasteiger partial charge in [0, 0.05) is 37.6 Å². The number of nitrogens with one attached hydrogen (secondary N) is 2. The first-order chi connectivity index (χ1) is 7.34. The zero-order chi connectivity index (χ0) is 10.5. The normalized spacial score (nSPS) is 23.9. The van der Waals surface area contributed by atoms with Gasteiger partial charge >= 0.3 is 0 Å². The van der Waals surface area contributed by atoms with E-state index in [1.54, 1.807) is 0 Å². The van der Waals surface area contributed by atoms with Gasteiger partial charge in [0.05, 0.1) is 6.33 Å². The van der Waals surface area contributed by atoms with E-state index in [4.69, 9.17) is 0 Å². The molecular formula is C11H20N4. The maximum atomic E-state index is 4.04. The van der Waals surface area contributed by atoms with Crippen molar-refractivity contribution in [1.82, 2.24) is 20.2 Å². The van der Waals surface area contributed by atoms with Crippen molar-refractivity contribution in [1.29, 1.82) is 0 Å². The average molecular weight is 208 g/mol. The molecule has 4 heteroatoms. The molecule has 0 amide bonds. The van der Waals surface area contributed by atoms with E-state index < -0.39 is 0 Å². The Bertz CT molecular complexity index is 264. The third-order valence-corrected chi connectivity index (χ3v) is 2.86. The van der Waals surface area contributed by atoms with Crippen molar-refractivity contribution in [2.24, 2.45) is 0 Å². The van der Waals surface area contributed by atoms with Gasteiger partial charge in [-0.25, -0.2) is 4.98 Å². The lowest BCUT2D eigenvalue weighted by molar-refractivity contribution is 0.341. The zero-order valence-electron chi connectivity index (χ0n) is 9.32. The molecule has 0 radical (unpaired) electrons.